The first kappa shape index (κ1) is 8.06. The lowest BCUT2D eigenvalue weighted by molar-refractivity contribution is 0.565. The van der Waals surface area contributed by atoms with E-state index >= 15 is 0 Å². The molecule has 2 heterocycles. The molecule has 72 valence electrons. The zero-order chi connectivity index (χ0) is 9.54. The van der Waals surface area contributed by atoms with Gasteiger partial charge in [-0.15, -0.1) is 0 Å². The van der Waals surface area contributed by atoms with Gasteiger partial charge in [0.25, 0.3) is 0 Å². The highest BCUT2D eigenvalue weighted by molar-refractivity contribution is 5.85. The molecule has 0 saturated heterocycles. The Bertz CT molecular complexity index is 470. The Morgan fingerprint density at radius 2 is 2.14 bits per heavy atom. The summed E-state index contributed by atoms with van der Waals surface area (Å²) in [6, 6.07) is 8.54. The minimum absolute atomic E-state index is 0.603. The van der Waals surface area contributed by atoms with E-state index in [4.69, 9.17) is 0 Å². The molecular formula is C12H14N2. The van der Waals surface area contributed by atoms with Crippen LogP contribution in [0.25, 0.3) is 10.9 Å². The van der Waals surface area contributed by atoms with Crippen molar-refractivity contribution in [2.75, 3.05) is 6.54 Å². The van der Waals surface area contributed by atoms with Crippen LogP contribution < -0.4 is 5.32 Å². The summed E-state index contributed by atoms with van der Waals surface area (Å²) in [5.74, 6) is 0.603. The van der Waals surface area contributed by atoms with E-state index in [1.807, 2.05) is 0 Å². The largest absolute Gasteiger partial charge is 0.358 e. The second-order valence-electron chi connectivity index (χ2n) is 4.09. The van der Waals surface area contributed by atoms with Crippen LogP contribution in [0.4, 0.5) is 0 Å². The number of aromatic nitrogens is 1. The molecule has 0 radical (unpaired) electrons. The van der Waals surface area contributed by atoms with E-state index in [0.29, 0.717) is 5.92 Å². The van der Waals surface area contributed by atoms with E-state index in [1.165, 1.54) is 22.2 Å². The molecule has 3 rings (SSSR count). The second kappa shape index (κ2) is 2.85. The number of nitrogens with one attached hydrogen (secondary N) is 2. The lowest BCUT2D eigenvalue weighted by Gasteiger charge is -2.19. The third-order valence-corrected chi connectivity index (χ3v) is 3.09. The van der Waals surface area contributed by atoms with E-state index < -0.39 is 0 Å². The number of fused-ring (bicyclic) bond motifs is 3. The van der Waals surface area contributed by atoms with Gasteiger partial charge < -0.3 is 10.3 Å². The average molecular weight is 186 g/mol. The van der Waals surface area contributed by atoms with Crippen molar-refractivity contribution in [1.82, 2.24) is 10.3 Å². The first-order valence-corrected chi connectivity index (χ1v) is 5.16. The number of para-hydroxylation sites is 1. The van der Waals surface area contributed by atoms with Gasteiger partial charge in [-0.25, -0.2) is 0 Å². The lowest BCUT2D eigenvalue weighted by Crippen LogP contribution is -2.26. The fourth-order valence-corrected chi connectivity index (χ4v) is 2.35. The summed E-state index contributed by atoms with van der Waals surface area (Å²) < 4.78 is 0. The lowest BCUT2D eigenvalue weighted by atomic mass is 9.98. The fraction of sp³-hybridized carbons (Fsp3) is 0.333. The van der Waals surface area contributed by atoms with E-state index in [-0.39, 0.29) is 0 Å². The highest BCUT2D eigenvalue weighted by atomic mass is 14.9. The van der Waals surface area contributed by atoms with Crippen molar-refractivity contribution in [3.63, 3.8) is 0 Å². The summed E-state index contributed by atoms with van der Waals surface area (Å²) >= 11 is 0. The predicted octanol–water partition coefficient (Wildman–Crippen LogP) is 2.37. The Morgan fingerprint density at radius 3 is 3.07 bits per heavy atom. The van der Waals surface area contributed by atoms with Crippen molar-refractivity contribution < 1.29 is 0 Å². The summed E-state index contributed by atoms with van der Waals surface area (Å²) in [4.78, 5) is 3.53. The number of hydrogen-bond acceptors (Lipinski definition) is 1. The van der Waals surface area contributed by atoms with Crippen LogP contribution in [0, 0.1) is 0 Å². The Hall–Kier alpha value is -1.28. The van der Waals surface area contributed by atoms with Crippen LogP contribution in [0.2, 0.25) is 0 Å². The molecule has 0 fully saturated rings. The van der Waals surface area contributed by atoms with E-state index in [0.717, 1.165) is 13.1 Å². The molecule has 0 spiro atoms. The molecule has 2 nitrogen and oxygen atoms in total. The second-order valence-corrected chi connectivity index (χ2v) is 4.09. The molecular weight excluding hydrogens is 172 g/mol. The van der Waals surface area contributed by atoms with Crippen molar-refractivity contribution in [1.29, 1.82) is 0 Å². The Labute approximate surface area is 83.3 Å². The van der Waals surface area contributed by atoms with Gasteiger partial charge in [-0.3, -0.25) is 0 Å². The molecule has 0 aliphatic carbocycles. The normalized spacial score (nSPS) is 21.1. The average Bonchev–Trinajstić information content (AvgIpc) is 2.59. The summed E-state index contributed by atoms with van der Waals surface area (Å²) in [5.41, 5.74) is 4.15. The maximum Gasteiger partial charge on any atom is 0.0459 e. The first-order chi connectivity index (χ1) is 6.86. The first-order valence-electron chi connectivity index (χ1n) is 5.16. The van der Waals surface area contributed by atoms with Gasteiger partial charge in [0.05, 0.1) is 0 Å². The number of H-pyrrole nitrogens is 1. The molecule has 1 aromatic carbocycles. The van der Waals surface area contributed by atoms with Gasteiger partial charge in [-0.2, -0.15) is 0 Å². The van der Waals surface area contributed by atoms with E-state index in [1.54, 1.807) is 0 Å². The van der Waals surface area contributed by atoms with Crippen LogP contribution in [-0.4, -0.2) is 11.5 Å². The zero-order valence-corrected chi connectivity index (χ0v) is 8.30. The summed E-state index contributed by atoms with van der Waals surface area (Å²) in [6.45, 7) is 4.35. The third kappa shape index (κ3) is 1.01. The van der Waals surface area contributed by atoms with Crippen LogP contribution >= 0.6 is 0 Å². The van der Waals surface area contributed by atoms with Gasteiger partial charge in [-0.05, 0) is 11.6 Å². The maximum absolute atomic E-state index is 3.53. The standard InChI is InChI=1S/C12H14N2/c1-8-6-13-7-10-9-4-2-3-5-11(9)14-12(8)10/h2-5,8,13-14H,6-7H2,1H3. The minimum atomic E-state index is 0.603. The summed E-state index contributed by atoms with van der Waals surface area (Å²) in [7, 11) is 0. The SMILES string of the molecule is CC1CNCc2c1[nH]c1ccccc21. The fourth-order valence-electron chi connectivity index (χ4n) is 2.35. The molecule has 2 aromatic rings. The topological polar surface area (TPSA) is 27.8 Å². The molecule has 2 N–H and O–H groups in total. The van der Waals surface area contributed by atoms with Crippen LogP contribution in [0.15, 0.2) is 24.3 Å². The van der Waals surface area contributed by atoms with Crippen molar-refractivity contribution in [3.05, 3.63) is 35.5 Å². The van der Waals surface area contributed by atoms with E-state index in [2.05, 4.69) is 41.5 Å². The van der Waals surface area contributed by atoms with Gasteiger partial charge in [0, 0.05) is 35.6 Å². The van der Waals surface area contributed by atoms with Gasteiger partial charge in [-0.1, -0.05) is 25.1 Å². The highest BCUT2D eigenvalue weighted by Gasteiger charge is 2.19. The van der Waals surface area contributed by atoms with Gasteiger partial charge in [0.2, 0.25) is 0 Å². The molecule has 1 atom stereocenters. The van der Waals surface area contributed by atoms with E-state index in [9.17, 15) is 0 Å². The number of aromatic amines is 1. The Morgan fingerprint density at radius 1 is 1.29 bits per heavy atom. The molecule has 14 heavy (non-hydrogen) atoms. The molecule has 1 aromatic heterocycles. The minimum Gasteiger partial charge on any atom is -0.358 e. The van der Waals surface area contributed by atoms with Crippen molar-refractivity contribution in [2.24, 2.45) is 0 Å². The molecule has 0 amide bonds. The molecule has 1 unspecified atom stereocenters. The van der Waals surface area contributed by atoms with Crippen molar-refractivity contribution in [2.45, 2.75) is 19.4 Å². The monoisotopic (exact) mass is 186 g/mol. The number of hydrogen-bond donors (Lipinski definition) is 2. The van der Waals surface area contributed by atoms with Crippen molar-refractivity contribution in [3.8, 4) is 0 Å². The quantitative estimate of drug-likeness (QED) is 0.649. The number of rotatable bonds is 0. The molecule has 1 aliphatic rings. The van der Waals surface area contributed by atoms with Crippen LogP contribution in [0.3, 0.4) is 0 Å². The number of benzene rings is 1. The summed E-state index contributed by atoms with van der Waals surface area (Å²) in [6.07, 6.45) is 0. The molecule has 0 bridgehead atoms. The molecule has 0 saturated carbocycles. The van der Waals surface area contributed by atoms with Gasteiger partial charge in [0.15, 0.2) is 0 Å². The molecule has 1 aliphatic heterocycles. The van der Waals surface area contributed by atoms with Crippen LogP contribution in [0.5, 0.6) is 0 Å². The Kier molecular flexibility index (Phi) is 1.64. The third-order valence-electron chi connectivity index (χ3n) is 3.09. The maximum atomic E-state index is 3.53. The smallest absolute Gasteiger partial charge is 0.0459 e. The van der Waals surface area contributed by atoms with Crippen molar-refractivity contribution >= 4 is 10.9 Å². The highest BCUT2D eigenvalue weighted by Crippen LogP contribution is 2.29. The van der Waals surface area contributed by atoms with Crippen LogP contribution in [-0.2, 0) is 6.54 Å². The van der Waals surface area contributed by atoms with Gasteiger partial charge >= 0.3 is 0 Å². The van der Waals surface area contributed by atoms with Crippen LogP contribution in [0.1, 0.15) is 24.1 Å². The molecule has 2 heteroatoms. The van der Waals surface area contributed by atoms with Gasteiger partial charge in [0.1, 0.15) is 0 Å². The predicted molar refractivity (Wildman–Crippen MR) is 58.4 cm³/mol. The zero-order valence-electron chi connectivity index (χ0n) is 8.30. The summed E-state index contributed by atoms with van der Waals surface area (Å²) in [5, 5.41) is 4.83. The Balaban J connectivity index is 2.32.